The number of hydrogen-bond donors (Lipinski definition) is 2. The van der Waals surface area contributed by atoms with Gasteiger partial charge in [0.05, 0.1) is 22.8 Å². The molecule has 4 rings (SSSR count). The molecule has 0 atom stereocenters. The summed E-state index contributed by atoms with van der Waals surface area (Å²) < 4.78 is 35.2. The summed E-state index contributed by atoms with van der Waals surface area (Å²) in [6.07, 6.45) is 4.29. The molecule has 0 aliphatic rings. The van der Waals surface area contributed by atoms with E-state index in [1.807, 2.05) is 61.8 Å². The minimum atomic E-state index is -5.19. The van der Waals surface area contributed by atoms with Crippen molar-refractivity contribution in [3.05, 3.63) is 47.3 Å². The van der Waals surface area contributed by atoms with Gasteiger partial charge in [-0.25, -0.2) is 9.50 Å². The molecule has 0 saturated carbocycles. The molecule has 4 aromatic rings. The summed E-state index contributed by atoms with van der Waals surface area (Å²) in [5.41, 5.74) is 4.65. The maximum absolute atomic E-state index is 12.2. The Morgan fingerprint density at radius 2 is 1.94 bits per heavy atom. The predicted molar refractivity (Wildman–Crippen MR) is 111 cm³/mol. The van der Waals surface area contributed by atoms with Crippen molar-refractivity contribution in [1.82, 2.24) is 25.0 Å². The molecule has 9 nitrogen and oxygen atoms in total. The van der Waals surface area contributed by atoms with Crippen LogP contribution in [0.15, 0.2) is 42.4 Å². The number of aromatic amines is 1. The van der Waals surface area contributed by atoms with Crippen LogP contribution in [-0.4, -0.2) is 43.8 Å². The Balaban J connectivity index is 0.000000383. The van der Waals surface area contributed by atoms with E-state index in [0.29, 0.717) is 4.88 Å². The van der Waals surface area contributed by atoms with Gasteiger partial charge in [0.1, 0.15) is 5.97 Å². The van der Waals surface area contributed by atoms with Crippen LogP contribution in [0.5, 0.6) is 0 Å². The van der Waals surface area contributed by atoms with Crippen LogP contribution in [0.1, 0.15) is 23.5 Å². The second kappa shape index (κ2) is 9.40. The van der Waals surface area contributed by atoms with E-state index in [4.69, 9.17) is 9.90 Å². The number of halogens is 3. The monoisotopic (exact) mass is 480 g/mol. The third-order valence-corrected chi connectivity index (χ3v) is 5.16. The Bertz CT molecular complexity index is 1290. The molecule has 4 heterocycles. The van der Waals surface area contributed by atoms with Gasteiger partial charge in [-0.1, -0.05) is 0 Å². The number of amides is 1. The number of alkyl halides is 3. The SMILES string of the molecule is CC(C)NC(=O)c1cc(-c2cnn3cc(-c4c[nH][n+](C)c4)cnc23)cs1.O=C([O-])C(F)(F)F. The molecule has 0 aliphatic heterocycles. The quantitative estimate of drug-likeness (QED) is 0.431. The van der Waals surface area contributed by atoms with Crippen molar-refractivity contribution < 1.29 is 32.5 Å². The molecular weight excluding hydrogens is 461 g/mol. The number of aliphatic carboxylic acids is 1. The van der Waals surface area contributed by atoms with Crippen molar-refractivity contribution in [3.63, 3.8) is 0 Å². The average molecular weight is 480 g/mol. The van der Waals surface area contributed by atoms with Crippen LogP contribution < -0.4 is 15.1 Å². The van der Waals surface area contributed by atoms with E-state index in [-0.39, 0.29) is 11.9 Å². The van der Waals surface area contributed by atoms with Crippen molar-refractivity contribution >= 4 is 28.9 Å². The van der Waals surface area contributed by atoms with Crippen LogP contribution in [0.4, 0.5) is 13.2 Å². The second-order valence-corrected chi connectivity index (χ2v) is 8.16. The molecule has 0 fully saturated rings. The van der Waals surface area contributed by atoms with E-state index in [9.17, 15) is 18.0 Å². The van der Waals surface area contributed by atoms with Gasteiger partial charge in [-0.3, -0.25) is 4.79 Å². The van der Waals surface area contributed by atoms with Crippen LogP contribution in [0.25, 0.3) is 27.9 Å². The van der Waals surface area contributed by atoms with Gasteiger partial charge in [0, 0.05) is 29.6 Å². The number of aromatic nitrogens is 5. The number of nitrogens with zero attached hydrogens (tertiary/aromatic N) is 4. The topological polar surface area (TPSA) is 119 Å². The van der Waals surface area contributed by atoms with E-state index in [2.05, 4.69) is 20.5 Å². The fourth-order valence-electron chi connectivity index (χ4n) is 2.77. The molecule has 0 spiro atoms. The van der Waals surface area contributed by atoms with Gasteiger partial charge in [-0.15, -0.1) is 16.0 Å². The van der Waals surface area contributed by atoms with E-state index >= 15 is 0 Å². The Hall–Kier alpha value is -3.74. The van der Waals surface area contributed by atoms with E-state index in [0.717, 1.165) is 27.9 Å². The molecule has 33 heavy (non-hydrogen) atoms. The van der Waals surface area contributed by atoms with Crippen LogP contribution >= 0.6 is 11.3 Å². The summed E-state index contributed by atoms with van der Waals surface area (Å²) in [5, 5.41) is 21.2. The summed E-state index contributed by atoms with van der Waals surface area (Å²) in [6.45, 7) is 3.90. The van der Waals surface area contributed by atoms with Crippen LogP contribution in [0.3, 0.4) is 0 Å². The third-order valence-electron chi connectivity index (χ3n) is 4.23. The molecule has 174 valence electrons. The highest BCUT2D eigenvalue weighted by atomic mass is 32.1. The fraction of sp³-hybridized carbons (Fsp3) is 0.250. The molecule has 0 aliphatic carbocycles. The van der Waals surface area contributed by atoms with Crippen molar-refractivity contribution in [2.75, 3.05) is 0 Å². The lowest BCUT2D eigenvalue weighted by Crippen LogP contribution is -2.37. The first kappa shape index (κ1) is 23.9. The Labute approximate surface area is 189 Å². The molecule has 0 bridgehead atoms. The van der Waals surface area contributed by atoms with Gasteiger partial charge in [0.15, 0.2) is 12.7 Å². The number of hydrogen-bond acceptors (Lipinski definition) is 6. The zero-order valence-corrected chi connectivity index (χ0v) is 18.5. The number of rotatable bonds is 4. The number of H-pyrrole nitrogens is 1. The van der Waals surface area contributed by atoms with Gasteiger partial charge >= 0.3 is 6.18 Å². The number of nitrogens with one attached hydrogen (secondary N) is 2. The second-order valence-electron chi connectivity index (χ2n) is 7.25. The van der Waals surface area contributed by atoms with Crippen LogP contribution in [0, 0.1) is 0 Å². The molecule has 0 radical (unpaired) electrons. The van der Waals surface area contributed by atoms with Crippen molar-refractivity contribution in [2.45, 2.75) is 26.1 Å². The van der Waals surface area contributed by atoms with Crippen LogP contribution in [-0.2, 0) is 11.8 Å². The van der Waals surface area contributed by atoms with E-state index < -0.39 is 12.1 Å². The van der Waals surface area contributed by atoms with Crippen molar-refractivity contribution in [1.29, 1.82) is 0 Å². The molecule has 0 unspecified atom stereocenters. The highest BCUT2D eigenvalue weighted by molar-refractivity contribution is 7.12. The Morgan fingerprint density at radius 1 is 1.24 bits per heavy atom. The molecular formula is C20H19F3N6O3S. The van der Waals surface area contributed by atoms with E-state index in [1.165, 1.54) is 11.3 Å². The summed E-state index contributed by atoms with van der Waals surface area (Å²) in [7, 11) is 1.94. The van der Waals surface area contributed by atoms with E-state index in [1.54, 1.807) is 10.7 Å². The molecule has 13 heteroatoms. The van der Waals surface area contributed by atoms with Gasteiger partial charge in [0.25, 0.3) is 5.91 Å². The lowest BCUT2D eigenvalue weighted by atomic mass is 10.1. The minimum Gasteiger partial charge on any atom is -0.542 e. The Morgan fingerprint density at radius 3 is 2.52 bits per heavy atom. The molecule has 2 N–H and O–H groups in total. The van der Waals surface area contributed by atoms with Gasteiger partial charge < -0.3 is 15.2 Å². The number of carbonyl (C=O) groups is 2. The first-order chi connectivity index (χ1) is 15.5. The first-order valence-electron chi connectivity index (χ1n) is 9.51. The third kappa shape index (κ3) is 5.74. The average Bonchev–Trinajstić information content (AvgIpc) is 3.45. The number of carbonyl (C=O) groups excluding carboxylic acids is 2. The number of carboxylic acid groups (broad SMARTS) is 1. The van der Waals surface area contributed by atoms with Gasteiger partial charge in [0.2, 0.25) is 6.20 Å². The maximum atomic E-state index is 12.2. The number of thiophene rings is 1. The van der Waals surface area contributed by atoms with Crippen molar-refractivity contribution in [2.24, 2.45) is 7.05 Å². The predicted octanol–water partition coefficient (Wildman–Crippen LogP) is 1.71. The normalized spacial score (nSPS) is 11.4. The molecule has 0 saturated heterocycles. The van der Waals surface area contributed by atoms with Crippen molar-refractivity contribution in [3.8, 4) is 22.3 Å². The number of aryl methyl sites for hydroxylation is 1. The molecule has 4 aromatic heterocycles. The standard InChI is InChI=1S/C18H18N6OS.C2HF3O2/c1-11(2)22-18(25)16-4-12(10-26-16)15-7-21-24-9-13(5-19-17(15)24)14-6-20-23(3)8-14;3-2(4,5)1(6)7/h4-11H,1-3H3,(H,22,25);(H,6,7). The zero-order valence-electron chi connectivity index (χ0n) is 17.7. The maximum Gasteiger partial charge on any atom is 0.430 e. The summed E-state index contributed by atoms with van der Waals surface area (Å²) >= 11 is 1.43. The smallest absolute Gasteiger partial charge is 0.430 e. The summed E-state index contributed by atoms with van der Waals surface area (Å²) in [5.74, 6) is -3.06. The van der Waals surface area contributed by atoms with Gasteiger partial charge in [-0.2, -0.15) is 23.4 Å². The highest BCUT2D eigenvalue weighted by Crippen LogP contribution is 2.29. The molecule has 0 aromatic carbocycles. The lowest BCUT2D eigenvalue weighted by Gasteiger charge is -2.05. The summed E-state index contributed by atoms with van der Waals surface area (Å²) in [6, 6.07) is 2.00. The van der Waals surface area contributed by atoms with Crippen LogP contribution in [0.2, 0.25) is 0 Å². The number of fused-ring (bicyclic) bond motifs is 1. The first-order valence-corrected chi connectivity index (χ1v) is 10.4. The summed E-state index contributed by atoms with van der Waals surface area (Å²) in [4.78, 5) is 26.2. The minimum absolute atomic E-state index is 0.0525. The Kier molecular flexibility index (Phi) is 6.81. The van der Waals surface area contributed by atoms with Gasteiger partial charge in [-0.05, 0) is 30.9 Å². The largest absolute Gasteiger partial charge is 0.542 e. The fourth-order valence-corrected chi connectivity index (χ4v) is 3.58. The zero-order chi connectivity index (χ0) is 24.3. The lowest BCUT2D eigenvalue weighted by molar-refractivity contribution is -0.726. The molecule has 1 amide bonds. The number of carboxylic acids is 1. The highest BCUT2D eigenvalue weighted by Gasteiger charge is 2.28.